The number of benzene rings is 2. The molecule has 3 rings (SSSR count). The van der Waals surface area contributed by atoms with Gasteiger partial charge in [-0.05, 0) is 38.1 Å². The predicted molar refractivity (Wildman–Crippen MR) is 106 cm³/mol. The van der Waals surface area contributed by atoms with Crippen LogP contribution in [0.3, 0.4) is 0 Å². The van der Waals surface area contributed by atoms with Crippen molar-refractivity contribution >= 4 is 39.3 Å². The van der Waals surface area contributed by atoms with Crippen LogP contribution in [0.5, 0.6) is 0 Å². The Hall–Kier alpha value is -2.84. The fraction of sp³-hybridized carbons (Fsp3) is 0.200. The average molecular weight is 436 g/mol. The molecule has 152 valence electrons. The molecule has 0 atom stereocenters. The second-order valence-electron chi connectivity index (χ2n) is 6.43. The number of fused-ring (bicyclic) bond motifs is 1. The first-order valence-electron chi connectivity index (χ1n) is 8.63. The fourth-order valence-electron chi connectivity index (χ4n) is 3.03. The molecule has 0 amide bonds. The number of nitrogens with zero attached hydrogens (tertiary/aromatic N) is 1. The highest BCUT2D eigenvalue weighted by atomic mass is 35.5. The molecule has 0 radical (unpaired) electrons. The molecule has 0 fully saturated rings. The average Bonchev–Trinajstić information content (AvgIpc) is 2.69. The summed E-state index contributed by atoms with van der Waals surface area (Å²) in [6.07, 6.45) is 0. The molecule has 2 aromatic rings. The number of carbonyl (C=O) groups excluding carboxylic acids is 2. The van der Waals surface area contributed by atoms with Gasteiger partial charge in [-0.2, -0.15) is 0 Å². The lowest BCUT2D eigenvalue weighted by Crippen LogP contribution is -2.43. The molecule has 1 heterocycles. The molecular weight excluding hydrogens is 418 g/mol. The van der Waals surface area contributed by atoms with E-state index in [1.54, 1.807) is 38.1 Å². The molecule has 29 heavy (non-hydrogen) atoms. The zero-order valence-corrected chi connectivity index (χ0v) is 17.5. The van der Waals surface area contributed by atoms with Gasteiger partial charge in [-0.25, -0.2) is 18.0 Å². The third kappa shape index (κ3) is 3.61. The fourth-order valence-corrected chi connectivity index (χ4v) is 5.09. The molecule has 0 N–H and O–H groups in total. The van der Waals surface area contributed by atoms with Crippen LogP contribution in [-0.2, 0) is 24.3 Å². The Bertz CT molecular complexity index is 1120. The number of sulfonamides is 1. The van der Waals surface area contributed by atoms with E-state index in [-0.39, 0.29) is 32.5 Å². The van der Waals surface area contributed by atoms with Gasteiger partial charge in [0.2, 0.25) is 0 Å². The second kappa shape index (κ2) is 7.88. The van der Waals surface area contributed by atoms with E-state index in [0.29, 0.717) is 0 Å². The highest BCUT2D eigenvalue weighted by Gasteiger charge is 2.43. The van der Waals surface area contributed by atoms with Crippen molar-refractivity contribution < 1.29 is 27.5 Å². The van der Waals surface area contributed by atoms with Crippen LogP contribution in [0.4, 0.5) is 0 Å². The summed E-state index contributed by atoms with van der Waals surface area (Å²) in [5.74, 6) is -1.98. The van der Waals surface area contributed by atoms with E-state index in [9.17, 15) is 18.0 Å². The first kappa shape index (κ1) is 20.9. The van der Waals surface area contributed by atoms with Crippen molar-refractivity contribution in [1.82, 2.24) is 4.31 Å². The number of esters is 2. The summed E-state index contributed by atoms with van der Waals surface area (Å²) in [5, 5.41) is 0.162. The Balaban J connectivity index is 2.27. The van der Waals surface area contributed by atoms with Crippen molar-refractivity contribution in [2.45, 2.75) is 24.8 Å². The second-order valence-corrected chi connectivity index (χ2v) is 8.62. The highest BCUT2D eigenvalue weighted by Crippen LogP contribution is 2.39. The maximum absolute atomic E-state index is 13.2. The van der Waals surface area contributed by atoms with Crippen LogP contribution in [0, 0.1) is 0 Å². The number of methoxy groups -OCH3 is 1. The summed E-state index contributed by atoms with van der Waals surface area (Å²) in [4.78, 5) is 25.3. The van der Waals surface area contributed by atoms with Gasteiger partial charge >= 0.3 is 11.9 Å². The molecule has 0 aromatic heterocycles. The molecule has 0 unspecified atom stereocenters. The molecule has 0 aliphatic carbocycles. The van der Waals surface area contributed by atoms with Gasteiger partial charge in [0, 0.05) is 11.6 Å². The standard InChI is InChI=1S/C20H18ClNO6S/c1-12(2)22-17(20(24)27-3)18(14-9-5-7-11-16(14)29(22,25)26)28-19(23)13-8-4-6-10-15(13)21/h4-12H,1-3H3. The van der Waals surface area contributed by atoms with Gasteiger partial charge in [0.25, 0.3) is 10.0 Å². The molecule has 0 saturated carbocycles. The van der Waals surface area contributed by atoms with Crippen LogP contribution in [-0.4, -0.2) is 37.8 Å². The lowest BCUT2D eigenvalue weighted by atomic mass is 10.1. The summed E-state index contributed by atoms with van der Waals surface area (Å²) in [5.41, 5.74) is -0.209. The Labute approximate surface area is 173 Å². The lowest BCUT2D eigenvalue weighted by Gasteiger charge is -2.34. The monoisotopic (exact) mass is 435 g/mol. The minimum Gasteiger partial charge on any atom is -0.464 e. The predicted octanol–water partition coefficient (Wildman–Crippen LogP) is 3.45. The van der Waals surface area contributed by atoms with Gasteiger partial charge in [-0.15, -0.1) is 0 Å². The number of carbonyl (C=O) groups is 2. The Kier molecular flexibility index (Phi) is 5.68. The van der Waals surface area contributed by atoms with Crippen molar-refractivity contribution in [3.8, 4) is 0 Å². The minimum absolute atomic E-state index is 0.0768. The van der Waals surface area contributed by atoms with Crippen LogP contribution < -0.4 is 0 Å². The summed E-state index contributed by atoms with van der Waals surface area (Å²) in [7, 11) is -2.95. The van der Waals surface area contributed by atoms with Crippen LogP contribution in [0.2, 0.25) is 5.02 Å². The Morgan fingerprint density at radius 1 is 1.00 bits per heavy atom. The third-order valence-corrected chi connectivity index (χ3v) is 6.60. The SMILES string of the molecule is COC(=O)C1=C(OC(=O)c2ccccc2Cl)c2ccccc2S(=O)(=O)N1C(C)C. The summed E-state index contributed by atoms with van der Waals surface area (Å²) >= 11 is 6.07. The van der Waals surface area contributed by atoms with Gasteiger partial charge in [-0.1, -0.05) is 35.9 Å². The Morgan fingerprint density at radius 2 is 1.62 bits per heavy atom. The van der Waals surface area contributed by atoms with Crippen LogP contribution in [0.15, 0.2) is 59.1 Å². The quantitative estimate of drug-likeness (QED) is 0.683. The maximum Gasteiger partial charge on any atom is 0.359 e. The van der Waals surface area contributed by atoms with Gasteiger partial charge in [-0.3, -0.25) is 4.31 Å². The van der Waals surface area contributed by atoms with E-state index < -0.39 is 28.0 Å². The summed E-state index contributed by atoms with van der Waals surface area (Å²) < 4.78 is 37.6. The van der Waals surface area contributed by atoms with Crippen LogP contribution >= 0.6 is 11.6 Å². The molecular formula is C20H18ClNO6S. The largest absolute Gasteiger partial charge is 0.464 e. The molecule has 1 aliphatic rings. The van der Waals surface area contributed by atoms with Crippen LogP contribution in [0.1, 0.15) is 29.8 Å². The minimum atomic E-state index is -4.07. The molecule has 1 aliphatic heterocycles. The number of hydrogen-bond acceptors (Lipinski definition) is 6. The van der Waals surface area contributed by atoms with Crippen molar-refractivity contribution in [3.05, 3.63) is 70.4 Å². The molecule has 7 nitrogen and oxygen atoms in total. The van der Waals surface area contributed by atoms with Crippen molar-refractivity contribution in [3.63, 3.8) is 0 Å². The first-order valence-corrected chi connectivity index (χ1v) is 10.4. The maximum atomic E-state index is 13.2. The number of rotatable bonds is 4. The van der Waals surface area contributed by atoms with E-state index in [4.69, 9.17) is 21.1 Å². The zero-order valence-electron chi connectivity index (χ0n) is 15.9. The van der Waals surface area contributed by atoms with Gasteiger partial charge in [0.05, 0.1) is 22.6 Å². The van der Waals surface area contributed by atoms with Crippen LogP contribution in [0.25, 0.3) is 5.76 Å². The summed E-state index contributed by atoms with van der Waals surface area (Å²) in [6, 6.07) is 11.6. The normalized spacial score (nSPS) is 15.1. The molecule has 0 saturated heterocycles. The van der Waals surface area contributed by atoms with E-state index in [2.05, 4.69) is 0 Å². The lowest BCUT2D eigenvalue weighted by molar-refractivity contribution is -0.137. The highest BCUT2D eigenvalue weighted by molar-refractivity contribution is 7.89. The molecule has 2 aromatic carbocycles. The van der Waals surface area contributed by atoms with Crippen molar-refractivity contribution in [2.24, 2.45) is 0 Å². The van der Waals surface area contributed by atoms with Crippen molar-refractivity contribution in [2.75, 3.05) is 7.11 Å². The van der Waals surface area contributed by atoms with E-state index >= 15 is 0 Å². The number of hydrogen-bond donors (Lipinski definition) is 0. The van der Waals surface area contributed by atoms with Crippen molar-refractivity contribution in [1.29, 1.82) is 0 Å². The molecule has 9 heteroatoms. The first-order chi connectivity index (χ1) is 13.7. The molecule has 0 bridgehead atoms. The van der Waals surface area contributed by atoms with E-state index in [1.807, 2.05) is 0 Å². The van der Waals surface area contributed by atoms with E-state index in [1.165, 1.54) is 24.3 Å². The van der Waals surface area contributed by atoms with Gasteiger partial charge in [0.15, 0.2) is 11.5 Å². The van der Waals surface area contributed by atoms with Gasteiger partial charge < -0.3 is 9.47 Å². The van der Waals surface area contributed by atoms with E-state index in [0.717, 1.165) is 11.4 Å². The zero-order chi connectivity index (χ0) is 21.3. The topological polar surface area (TPSA) is 90.0 Å². The van der Waals surface area contributed by atoms with Gasteiger partial charge in [0.1, 0.15) is 0 Å². The number of ether oxygens (including phenoxy) is 2. The Morgan fingerprint density at radius 3 is 2.24 bits per heavy atom. The third-order valence-electron chi connectivity index (χ3n) is 4.24. The summed E-state index contributed by atoms with van der Waals surface area (Å²) in [6.45, 7) is 3.20. The number of halogens is 1. The molecule has 0 spiro atoms. The smallest absolute Gasteiger partial charge is 0.359 e.